The van der Waals surface area contributed by atoms with Gasteiger partial charge in [0.25, 0.3) is 0 Å². The van der Waals surface area contributed by atoms with Crippen LogP contribution in [0.1, 0.15) is 38.5 Å². The molecule has 26 heavy (non-hydrogen) atoms. The molecule has 1 saturated heterocycles. The molecule has 2 aliphatic rings. The van der Waals surface area contributed by atoms with E-state index in [0.29, 0.717) is 18.1 Å². The number of aliphatic hydroxyl groups excluding tert-OH is 1. The average Bonchev–Trinajstić information content (AvgIpc) is 3.18. The Morgan fingerprint density at radius 3 is 2.81 bits per heavy atom. The molecule has 1 aromatic heterocycles. The number of nitrogens with one attached hydrogen (secondary N) is 1. The lowest BCUT2D eigenvalue weighted by molar-refractivity contribution is 0.124. The van der Waals surface area contributed by atoms with Crippen molar-refractivity contribution in [2.45, 2.75) is 50.7 Å². The van der Waals surface area contributed by atoms with Gasteiger partial charge in [0.05, 0.1) is 12.3 Å². The van der Waals surface area contributed by atoms with Gasteiger partial charge in [0.2, 0.25) is 5.95 Å². The molecule has 0 bridgehead atoms. The van der Waals surface area contributed by atoms with Crippen molar-refractivity contribution in [2.24, 2.45) is 0 Å². The molecule has 2 fully saturated rings. The van der Waals surface area contributed by atoms with Gasteiger partial charge in [-0.2, -0.15) is 0 Å². The van der Waals surface area contributed by atoms with Crippen molar-refractivity contribution < 1.29 is 9.50 Å². The van der Waals surface area contributed by atoms with Crippen LogP contribution in [0.2, 0.25) is 0 Å². The van der Waals surface area contributed by atoms with E-state index in [-0.39, 0.29) is 12.1 Å². The van der Waals surface area contributed by atoms with Crippen LogP contribution in [0.25, 0.3) is 11.3 Å². The summed E-state index contributed by atoms with van der Waals surface area (Å²) in [5.41, 5.74) is 2.20. The average molecular weight is 356 g/mol. The van der Waals surface area contributed by atoms with Crippen LogP contribution in [0.5, 0.6) is 0 Å². The minimum Gasteiger partial charge on any atom is -0.393 e. The van der Waals surface area contributed by atoms with Gasteiger partial charge in [-0.1, -0.05) is 12.1 Å². The van der Waals surface area contributed by atoms with Gasteiger partial charge in [0.15, 0.2) is 5.82 Å². The zero-order chi connectivity index (χ0) is 17.9. The van der Waals surface area contributed by atoms with E-state index in [1.807, 2.05) is 18.2 Å². The normalized spacial score (nSPS) is 23.2. The number of aliphatic hydroxyl groups is 1. The van der Waals surface area contributed by atoms with Crippen LogP contribution in [-0.4, -0.2) is 40.3 Å². The zero-order valence-corrected chi connectivity index (χ0v) is 14.9. The molecular formula is C20H25FN4O. The van der Waals surface area contributed by atoms with E-state index < -0.39 is 5.82 Å². The molecule has 0 spiro atoms. The second kappa shape index (κ2) is 7.58. The fourth-order valence-corrected chi connectivity index (χ4v) is 3.94. The highest BCUT2D eigenvalue weighted by Gasteiger charge is 2.21. The van der Waals surface area contributed by atoms with Crippen LogP contribution in [-0.2, 0) is 0 Å². The van der Waals surface area contributed by atoms with E-state index in [1.165, 1.54) is 19.0 Å². The number of benzene rings is 1. The minimum atomic E-state index is -0.419. The Labute approximate surface area is 153 Å². The van der Waals surface area contributed by atoms with Gasteiger partial charge in [0.1, 0.15) is 5.69 Å². The summed E-state index contributed by atoms with van der Waals surface area (Å²) in [6.07, 6.45) is 6.82. The van der Waals surface area contributed by atoms with Gasteiger partial charge in [-0.05, 0) is 50.7 Å². The van der Waals surface area contributed by atoms with Crippen molar-refractivity contribution in [2.75, 3.05) is 23.3 Å². The molecule has 2 N–H and O–H groups in total. The Balaban J connectivity index is 1.57. The molecule has 4 rings (SSSR count). The third-order valence-electron chi connectivity index (χ3n) is 5.31. The molecule has 1 aliphatic heterocycles. The molecule has 2 heterocycles. The minimum absolute atomic E-state index is 0.132. The van der Waals surface area contributed by atoms with Crippen LogP contribution in [0.15, 0.2) is 30.5 Å². The van der Waals surface area contributed by atoms with Crippen molar-refractivity contribution in [1.82, 2.24) is 9.97 Å². The second-order valence-electron chi connectivity index (χ2n) is 7.30. The summed E-state index contributed by atoms with van der Waals surface area (Å²) in [6, 6.07) is 8.04. The first-order valence-electron chi connectivity index (χ1n) is 9.51. The molecule has 6 heteroatoms. The number of aromatic nitrogens is 2. The van der Waals surface area contributed by atoms with Crippen LogP contribution < -0.4 is 10.2 Å². The molecule has 1 aromatic carbocycles. The van der Waals surface area contributed by atoms with E-state index in [9.17, 15) is 9.50 Å². The number of hydrogen-bond acceptors (Lipinski definition) is 5. The molecule has 0 radical (unpaired) electrons. The van der Waals surface area contributed by atoms with Crippen molar-refractivity contribution in [1.29, 1.82) is 0 Å². The van der Waals surface area contributed by atoms with E-state index >= 15 is 0 Å². The van der Waals surface area contributed by atoms with Crippen LogP contribution in [0.3, 0.4) is 0 Å². The Morgan fingerprint density at radius 2 is 2.00 bits per heavy atom. The molecular weight excluding hydrogens is 331 g/mol. The van der Waals surface area contributed by atoms with Gasteiger partial charge in [-0.25, -0.2) is 14.4 Å². The third kappa shape index (κ3) is 3.80. The number of nitrogens with zero attached hydrogens (tertiary/aromatic N) is 3. The molecule has 1 aliphatic carbocycles. The predicted octanol–water partition coefficient (Wildman–Crippen LogP) is 3.60. The van der Waals surface area contributed by atoms with Crippen molar-refractivity contribution >= 4 is 11.6 Å². The standard InChI is InChI=1S/C20H25FN4O/c21-18-13-22-20(23-15-6-4-8-17(26)12-15)24-19(18)14-5-3-7-16(11-14)25-9-1-2-10-25/h3,5,7,11,13,15,17,26H,1-2,4,6,8-10,12H2,(H,22,23,24)/t15-,17+/m0/s1. The molecule has 0 amide bonds. The zero-order valence-electron chi connectivity index (χ0n) is 14.9. The summed E-state index contributed by atoms with van der Waals surface area (Å²) in [7, 11) is 0. The van der Waals surface area contributed by atoms with Crippen molar-refractivity contribution in [3.63, 3.8) is 0 Å². The number of anilines is 2. The van der Waals surface area contributed by atoms with E-state index in [0.717, 1.165) is 43.6 Å². The fourth-order valence-electron chi connectivity index (χ4n) is 3.94. The number of halogens is 1. The summed E-state index contributed by atoms with van der Waals surface area (Å²) in [6.45, 7) is 2.10. The maximum atomic E-state index is 14.4. The first-order valence-corrected chi connectivity index (χ1v) is 9.51. The SMILES string of the molecule is O[C@@H]1CCC[C@H](Nc2ncc(F)c(-c3cccc(N4CCCC4)c3)n2)C1. The molecule has 2 atom stereocenters. The predicted molar refractivity (Wildman–Crippen MR) is 101 cm³/mol. The number of hydrogen-bond donors (Lipinski definition) is 2. The Bertz CT molecular complexity index is 763. The summed E-state index contributed by atoms with van der Waals surface area (Å²) >= 11 is 0. The lowest BCUT2D eigenvalue weighted by atomic mass is 9.93. The van der Waals surface area contributed by atoms with E-state index in [4.69, 9.17) is 0 Å². The van der Waals surface area contributed by atoms with E-state index in [2.05, 4.69) is 26.3 Å². The highest BCUT2D eigenvalue weighted by molar-refractivity contribution is 5.67. The first kappa shape index (κ1) is 17.2. The molecule has 5 nitrogen and oxygen atoms in total. The summed E-state index contributed by atoms with van der Waals surface area (Å²) in [5, 5.41) is 13.1. The van der Waals surface area contributed by atoms with Crippen LogP contribution in [0, 0.1) is 5.82 Å². The Hall–Kier alpha value is -2.21. The fraction of sp³-hybridized carbons (Fsp3) is 0.500. The molecule has 1 saturated carbocycles. The van der Waals surface area contributed by atoms with Crippen molar-refractivity contribution in [3.05, 3.63) is 36.3 Å². The summed E-state index contributed by atoms with van der Waals surface area (Å²) in [4.78, 5) is 10.9. The van der Waals surface area contributed by atoms with Gasteiger partial charge in [-0.15, -0.1) is 0 Å². The van der Waals surface area contributed by atoms with Gasteiger partial charge in [0, 0.05) is 30.4 Å². The smallest absolute Gasteiger partial charge is 0.223 e. The second-order valence-corrected chi connectivity index (χ2v) is 7.30. The summed E-state index contributed by atoms with van der Waals surface area (Å²) < 4.78 is 14.4. The van der Waals surface area contributed by atoms with Crippen LogP contribution >= 0.6 is 0 Å². The largest absolute Gasteiger partial charge is 0.393 e. The highest BCUT2D eigenvalue weighted by Crippen LogP contribution is 2.28. The third-order valence-corrected chi connectivity index (χ3v) is 5.31. The van der Waals surface area contributed by atoms with Crippen LogP contribution in [0.4, 0.5) is 16.0 Å². The van der Waals surface area contributed by atoms with Crippen molar-refractivity contribution in [3.8, 4) is 11.3 Å². The van der Waals surface area contributed by atoms with Gasteiger partial charge < -0.3 is 15.3 Å². The first-order chi connectivity index (χ1) is 12.7. The lowest BCUT2D eigenvalue weighted by Crippen LogP contribution is -2.30. The molecule has 0 unspecified atom stereocenters. The maximum absolute atomic E-state index is 14.4. The van der Waals surface area contributed by atoms with Gasteiger partial charge >= 0.3 is 0 Å². The molecule has 2 aromatic rings. The Morgan fingerprint density at radius 1 is 1.15 bits per heavy atom. The maximum Gasteiger partial charge on any atom is 0.223 e. The van der Waals surface area contributed by atoms with Gasteiger partial charge in [-0.3, -0.25) is 0 Å². The number of rotatable bonds is 4. The quantitative estimate of drug-likeness (QED) is 0.876. The van der Waals surface area contributed by atoms with E-state index in [1.54, 1.807) is 0 Å². The Kier molecular flexibility index (Phi) is 5.02. The monoisotopic (exact) mass is 356 g/mol. The molecule has 138 valence electrons. The summed E-state index contributed by atoms with van der Waals surface area (Å²) in [5.74, 6) is 0.00452. The highest BCUT2D eigenvalue weighted by atomic mass is 19.1. The lowest BCUT2D eigenvalue weighted by Gasteiger charge is -2.26. The topological polar surface area (TPSA) is 61.3 Å².